The second-order valence-corrected chi connectivity index (χ2v) is 5.10. The fourth-order valence-corrected chi connectivity index (χ4v) is 1.91. The van der Waals surface area contributed by atoms with Gasteiger partial charge in [0.2, 0.25) is 0 Å². The third kappa shape index (κ3) is 13.9. The van der Waals surface area contributed by atoms with Gasteiger partial charge in [-0.05, 0) is 27.2 Å². The van der Waals surface area contributed by atoms with Crippen LogP contribution in [0.1, 0.15) is 79.1 Å². The molecule has 0 saturated heterocycles. The summed E-state index contributed by atoms with van der Waals surface area (Å²) in [4.78, 5) is 0. The Bertz CT molecular complexity index is 146. The van der Waals surface area contributed by atoms with E-state index in [4.69, 9.17) is 9.47 Å². The average molecular weight is 244 g/mol. The van der Waals surface area contributed by atoms with Crippen LogP contribution in [0.3, 0.4) is 0 Å². The molecule has 0 rings (SSSR count). The highest BCUT2D eigenvalue weighted by Crippen LogP contribution is 2.09. The highest BCUT2D eigenvalue weighted by molar-refractivity contribution is 4.46. The molecule has 1 atom stereocenters. The summed E-state index contributed by atoms with van der Waals surface area (Å²) >= 11 is 0. The van der Waals surface area contributed by atoms with Crippen molar-refractivity contribution in [2.75, 3.05) is 6.61 Å². The Morgan fingerprint density at radius 3 is 1.82 bits per heavy atom. The molecule has 2 heteroatoms. The molecule has 0 saturated carbocycles. The second-order valence-electron chi connectivity index (χ2n) is 5.10. The molecular formula is C15H32O2. The van der Waals surface area contributed by atoms with Crippen LogP contribution >= 0.6 is 0 Å². The fourth-order valence-electron chi connectivity index (χ4n) is 1.91. The van der Waals surface area contributed by atoms with Crippen molar-refractivity contribution in [1.82, 2.24) is 0 Å². The molecule has 0 aliphatic heterocycles. The van der Waals surface area contributed by atoms with Gasteiger partial charge in [0.05, 0.1) is 6.10 Å². The minimum absolute atomic E-state index is 0.0560. The molecule has 0 bridgehead atoms. The van der Waals surface area contributed by atoms with E-state index >= 15 is 0 Å². The molecule has 0 spiro atoms. The molecule has 0 aliphatic carbocycles. The van der Waals surface area contributed by atoms with Gasteiger partial charge in [0.25, 0.3) is 0 Å². The summed E-state index contributed by atoms with van der Waals surface area (Å²) in [5, 5.41) is 0. The van der Waals surface area contributed by atoms with Gasteiger partial charge in [0, 0.05) is 6.61 Å². The standard InChI is InChI=1S/C15H32O2/c1-5-6-7-8-9-10-11-12-13-16-15(4)17-14(2)3/h14-15H,5-13H2,1-4H3. The average Bonchev–Trinajstić information content (AvgIpc) is 2.26. The molecule has 0 heterocycles. The van der Waals surface area contributed by atoms with Crippen molar-refractivity contribution < 1.29 is 9.47 Å². The largest absolute Gasteiger partial charge is 0.353 e. The molecule has 0 amide bonds. The zero-order valence-corrected chi connectivity index (χ0v) is 12.3. The van der Waals surface area contributed by atoms with Gasteiger partial charge in [-0.25, -0.2) is 0 Å². The van der Waals surface area contributed by atoms with E-state index in [1.165, 1.54) is 51.4 Å². The van der Waals surface area contributed by atoms with Crippen molar-refractivity contribution >= 4 is 0 Å². The zero-order chi connectivity index (χ0) is 12.9. The Hall–Kier alpha value is -0.0800. The lowest BCUT2D eigenvalue weighted by molar-refractivity contribution is -0.151. The molecule has 0 aromatic heterocycles. The van der Waals surface area contributed by atoms with E-state index in [0.29, 0.717) is 0 Å². The van der Waals surface area contributed by atoms with Gasteiger partial charge in [-0.1, -0.05) is 51.9 Å². The van der Waals surface area contributed by atoms with Crippen LogP contribution in [0.5, 0.6) is 0 Å². The Labute approximate surface area is 108 Å². The lowest BCUT2D eigenvalue weighted by Gasteiger charge is -2.16. The lowest BCUT2D eigenvalue weighted by atomic mass is 10.1. The normalized spacial score (nSPS) is 13.2. The first kappa shape index (κ1) is 16.9. The Kier molecular flexibility index (Phi) is 12.3. The number of rotatable bonds is 12. The fraction of sp³-hybridized carbons (Fsp3) is 1.00. The van der Waals surface area contributed by atoms with E-state index in [9.17, 15) is 0 Å². The van der Waals surface area contributed by atoms with Crippen LogP contribution in [0.2, 0.25) is 0 Å². The molecule has 104 valence electrons. The van der Waals surface area contributed by atoms with Crippen molar-refractivity contribution in [2.24, 2.45) is 0 Å². The topological polar surface area (TPSA) is 18.5 Å². The first-order valence-electron chi connectivity index (χ1n) is 7.43. The molecular weight excluding hydrogens is 212 g/mol. The van der Waals surface area contributed by atoms with Gasteiger partial charge >= 0.3 is 0 Å². The van der Waals surface area contributed by atoms with Crippen LogP contribution in [0, 0.1) is 0 Å². The summed E-state index contributed by atoms with van der Waals surface area (Å²) in [5.74, 6) is 0. The Morgan fingerprint density at radius 2 is 1.29 bits per heavy atom. The highest BCUT2D eigenvalue weighted by atomic mass is 16.7. The first-order valence-corrected chi connectivity index (χ1v) is 7.43. The van der Waals surface area contributed by atoms with Crippen molar-refractivity contribution in [3.05, 3.63) is 0 Å². The molecule has 0 aromatic carbocycles. The van der Waals surface area contributed by atoms with Gasteiger partial charge in [-0.3, -0.25) is 0 Å². The maximum absolute atomic E-state index is 5.58. The summed E-state index contributed by atoms with van der Waals surface area (Å²) < 4.78 is 11.1. The molecule has 2 nitrogen and oxygen atoms in total. The summed E-state index contributed by atoms with van der Waals surface area (Å²) in [5.41, 5.74) is 0. The quantitative estimate of drug-likeness (QED) is 0.358. The minimum atomic E-state index is -0.0560. The van der Waals surface area contributed by atoms with E-state index in [-0.39, 0.29) is 12.4 Å². The maximum Gasteiger partial charge on any atom is 0.155 e. The summed E-state index contributed by atoms with van der Waals surface area (Å²) in [6.45, 7) is 9.15. The van der Waals surface area contributed by atoms with Gasteiger partial charge in [-0.15, -0.1) is 0 Å². The van der Waals surface area contributed by atoms with Gasteiger partial charge in [0.15, 0.2) is 6.29 Å². The van der Waals surface area contributed by atoms with Crippen LogP contribution in [-0.4, -0.2) is 19.0 Å². The third-order valence-corrected chi connectivity index (χ3v) is 2.81. The molecule has 0 fully saturated rings. The van der Waals surface area contributed by atoms with Crippen molar-refractivity contribution in [3.8, 4) is 0 Å². The highest BCUT2D eigenvalue weighted by Gasteiger charge is 2.03. The SMILES string of the molecule is CCCCCCCCCCOC(C)OC(C)C. The van der Waals surface area contributed by atoms with Crippen molar-refractivity contribution in [2.45, 2.75) is 91.5 Å². The van der Waals surface area contributed by atoms with Crippen molar-refractivity contribution in [3.63, 3.8) is 0 Å². The third-order valence-electron chi connectivity index (χ3n) is 2.81. The number of ether oxygens (including phenoxy) is 2. The maximum atomic E-state index is 5.58. The van der Waals surface area contributed by atoms with Crippen molar-refractivity contribution in [1.29, 1.82) is 0 Å². The molecule has 1 unspecified atom stereocenters. The molecule has 17 heavy (non-hydrogen) atoms. The summed E-state index contributed by atoms with van der Waals surface area (Å²) in [6.07, 6.45) is 10.9. The van der Waals surface area contributed by atoms with E-state index in [1.54, 1.807) is 0 Å². The van der Waals surface area contributed by atoms with E-state index in [2.05, 4.69) is 6.92 Å². The Morgan fingerprint density at radius 1 is 0.765 bits per heavy atom. The second kappa shape index (κ2) is 12.4. The monoisotopic (exact) mass is 244 g/mol. The smallest absolute Gasteiger partial charge is 0.155 e. The van der Waals surface area contributed by atoms with E-state index in [1.807, 2.05) is 20.8 Å². The molecule has 0 radical (unpaired) electrons. The predicted molar refractivity (Wildman–Crippen MR) is 74.2 cm³/mol. The Balaban J connectivity index is 3.07. The first-order chi connectivity index (χ1) is 8.16. The molecule has 0 N–H and O–H groups in total. The van der Waals surface area contributed by atoms with Crippen LogP contribution in [0.25, 0.3) is 0 Å². The predicted octanol–water partition coefficient (Wildman–Crippen LogP) is 4.91. The van der Waals surface area contributed by atoms with Gasteiger partial charge in [0.1, 0.15) is 0 Å². The number of hydrogen-bond acceptors (Lipinski definition) is 2. The van der Waals surface area contributed by atoms with Crippen LogP contribution in [0.15, 0.2) is 0 Å². The summed E-state index contributed by atoms with van der Waals surface area (Å²) in [6, 6.07) is 0. The van der Waals surface area contributed by atoms with Crippen LogP contribution < -0.4 is 0 Å². The van der Waals surface area contributed by atoms with Crippen LogP contribution in [-0.2, 0) is 9.47 Å². The van der Waals surface area contributed by atoms with Gasteiger partial charge < -0.3 is 9.47 Å². The van der Waals surface area contributed by atoms with E-state index in [0.717, 1.165) is 6.61 Å². The minimum Gasteiger partial charge on any atom is -0.353 e. The number of unbranched alkanes of at least 4 members (excludes halogenated alkanes) is 7. The molecule has 0 aliphatic rings. The van der Waals surface area contributed by atoms with E-state index < -0.39 is 0 Å². The number of hydrogen-bond donors (Lipinski definition) is 0. The summed E-state index contributed by atoms with van der Waals surface area (Å²) in [7, 11) is 0. The molecule has 0 aromatic rings. The lowest BCUT2D eigenvalue weighted by Crippen LogP contribution is -2.18. The van der Waals surface area contributed by atoms with Gasteiger partial charge in [-0.2, -0.15) is 0 Å². The zero-order valence-electron chi connectivity index (χ0n) is 12.3. The van der Waals surface area contributed by atoms with Crippen LogP contribution in [0.4, 0.5) is 0 Å².